The molecule has 0 saturated carbocycles. The van der Waals surface area contributed by atoms with Gasteiger partial charge in [-0.2, -0.15) is 0 Å². The van der Waals surface area contributed by atoms with E-state index in [0.717, 1.165) is 44.1 Å². The number of morpholine rings is 1. The standard InChI is InChI=1S/C20H24FN3O/c21-18-5-3-4-17(12-18)19-15-23(10-11-25-19)14-16-6-7-20(22-13-16)24-8-1-2-9-24/h3-7,12-13,19H,1-2,8-11,14-15H2. The van der Waals surface area contributed by atoms with Crippen molar-refractivity contribution in [2.75, 3.05) is 37.7 Å². The maximum Gasteiger partial charge on any atom is 0.128 e. The summed E-state index contributed by atoms with van der Waals surface area (Å²) in [5.41, 5.74) is 2.12. The fourth-order valence-corrected chi connectivity index (χ4v) is 3.66. The average Bonchev–Trinajstić information content (AvgIpc) is 3.17. The monoisotopic (exact) mass is 341 g/mol. The summed E-state index contributed by atoms with van der Waals surface area (Å²) in [6, 6.07) is 11.0. The van der Waals surface area contributed by atoms with E-state index in [1.807, 2.05) is 12.3 Å². The quantitative estimate of drug-likeness (QED) is 0.852. The highest BCUT2D eigenvalue weighted by atomic mass is 19.1. The molecular formula is C20H24FN3O. The first-order valence-electron chi connectivity index (χ1n) is 9.07. The second-order valence-electron chi connectivity index (χ2n) is 6.87. The van der Waals surface area contributed by atoms with Crippen LogP contribution in [0.4, 0.5) is 10.2 Å². The molecule has 2 saturated heterocycles. The summed E-state index contributed by atoms with van der Waals surface area (Å²) < 4.78 is 19.3. The summed E-state index contributed by atoms with van der Waals surface area (Å²) in [5, 5.41) is 0. The van der Waals surface area contributed by atoms with Crippen molar-refractivity contribution in [3.05, 3.63) is 59.5 Å². The molecule has 1 unspecified atom stereocenters. The van der Waals surface area contributed by atoms with Gasteiger partial charge in [0.25, 0.3) is 0 Å². The van der Waals surface area contributed by atoms with Gasteiger partial charge in [0.05, 0.1) is 12.7 Å². The Morgan fingerprint density at radius 1 is 1.12 bits per heavy atom. The molecule has 0 spiro atoms. The molecular weight excluding hydrogens is 317 g/mol. The molecule has 4 nitrogen and oxygen atoms in total. The second-order valence-corrected chi connectivity index (χ2v) is 6.87. The van der Waals surface area contributed by atoms with E-state index in [9.17, 15) is 4.39 Å². The molecule has 1 aromatic heterocycles. The molecule has 25 heavy (non-hydrogen) atoms. The van der Waals surface area contributed by atoms with Crippen LogP contribution in [-0.2, 0) is 11.3 Å². The van der Waals surface area contributed by atoms with Gasteiger partial charge in [-0.3, -0.25) is 4.90 Å². The van der Waals surface area contributed by atoms with Crippen molar-refractivity contribution in [3.63, 3.8) is 0 Å². The topological polar surface area (TPSA) is 28.6 Å². The van der Waals surface area contributed by atoms with E-state index in [1.165, 1.54) is 24.5 Å². The third kappa shape index (κ3) is 3.99. The van der Waals surface area contributed by atoms with Crippen LogP contribution in [0.15, 0.2) is 42.6 Å². The van der Waals surface area contributed by atoms with Gasteiger partial charge in [0.1, 0.15) is 11.6 Å². The molecule has 1 atom stereocenters. The third-order valence-corrected chi connectivity index (χ3v) is 5.02. The molecule has 0 N–H and O–H groups in total. The van der Waals surface area contributed by atoms with E-state index < -0.39 is 0 Å². The molecule has 0 aliphatic carbocycles. The largest absolute Gasteiger partial charge is 0.371 e. The van der Waals surface area contributed by atoms with Gasteiger partial charge in [-0.15, -0.1) is 0 Å². The number of aromatic nitrogens is 1. The van der Waals surface area contributed by atoms with Crippen LogP contribution in [0.1, 0.15) is 30.1 Å². The molecule has 2 fully saturated rings. The van der Waals surface area contributed by atoms with Gasteiger partial charge >= 0.3 is 0 Å². The molecule has 2 aromatic rings. The van der Waals surface area contributed by atoms with Gasteiger partial charge in [0, 0.05) is 38.9 Å². The molecule has 0 bridgehead atoms. The predicted molar refractivity (Wildman–Crippen MR) is 96.1 cm³/mol. The first-order chi connectivity index (χ1) is 12.3. The maximum absolute atomic E-state index is 13.5. The van der Waals surface area contributed by atoms with E-state index >= 15 is 0 Å². The first-order valence-corrected chi connectivity index (χ1v) is 9.07. The van der Waals surface area contributed by atoms with Crippen LogP contribution < -0.4 is 4.90 Å². The summed E-state index contributed by atoms with van der Waals surface area (Å²) >= 11 is 0. The third-order valence-electron chi connectivity index (χ3n) is 5.02. The highest BCUT2D eigenvalue weighted by Crippen LogP contribution is 2.24. The van der Waals surface area contributed by atoms with Crippen molar-refractivity contribution in [2.45, 2.75) is 25.5 Å². The lowest BCUT2D eigenvalue weighted by Gasteiger charge is -2.33. The summed E-state index contributed by atoms with van der Waals surface area (Å²) in [6.45, 7) is 5.41. The Labute approximate surface area is 148 Å². The number of ether oxygens (including phenoxy) is 1. The second kappa shape index (κ2) is 7.50. The number of anilines is 1. The lowest BCUT2D eigenvalue weighted by Crippen LogP contribution is -2.37. The summed E-state index contributed by atoms with van der Waals surface area (Å²) in [6.07, 6.45) is 4.44. The number of rotatable bonds is 4. The van der Waals surface area contributed by atoms with Crippen LogP contribution in [0.5, 0.6) is 0 Å². The molecule has 2 aliphatic heterocycles. The lowest BCUT2D eigenvalue weighted by atomic mass is 10.1. The van der Waals surface area contributed by atoms with E-state index in [4.69, 9.17) is 4.74 Å². The molecule has 0 radical (unpaired) electrons. The average molecular weight is 341 g/mol. The van der Waals surface area contributed by atoms with E-state index in [0.29, 0.717) is 6.61 Å². The lowest BCUT2D eigenvalue weighted by molar-refractivity contribution is -0.0330. The van der Waals surface area contributed by atoms with Crippen molar-refractivity contribution in [1.29, 1.82) is 0 Å². The highest BCUT2D eigenvalue weighted by Gasteiger charge is 2.22. The molecule has 3 heterocycles. The zero-order chi connectivity index (χ0) is 17.1. The first kappa shape index (κ1) is 16.5. The predicted octanol–water partition coefficient (Wildman–Crippen LogP) is 3.39. The van der Waals surface area contributed by atoms with Crippen LogP contribution in [0.3, 0.4) is 0 Å². The van der Waals surface area contributed by atoms with E-state index in [-0.39, 0.29) is 11.9 Å². The maximum atomic E-state index is 13.5. The van der Waals surface area contributed by atoms with Crippen molar-refractivity contribution in [3.8, 4) is 0 Å². The Morgan fingerprint density at radius 2 is 2.00 bits per heavy atom. The van der Waals surface area contributed by atoms with Gasteiger partial charge in [-0.05, 0) is 42.2 Å². The van der Waals surface area contributed by atoms with Crippen LogP contribution in [0.25, 0.3) is 0 Å². The van der Waals surface area contributed by atoms with Gasteiger partial charge in [0.2, 0.25) is 0 Å². The van der Waals surface area contributed by atoms with Crippen molar-refractivity contribution in [2.24, 2.45) is 0 Å². The zero-order valence-electron chi connectivity index (χ0n) is 14.4. The fourth-order valence-electron chi connectivity index (χ4n) is 3.66. The zero-order valence-corrected chi connectivity index (χ0v) is 14.4. The SMILES string of the molecule is Fc1cccc(C2CN(Cc3ccc(N4CCCC4)nc3)CCO2)c1. The molecule has 4 rings (SSSR count). The van der Waals surface area contributed by atoms with Crippen LogP contribution in [0, 0.1) is 5.82 Å². The van der Waals surface area contributed by atoms with Crippen molar-refractivity contribution >= 4 is 5.82 Å². The number of benzene rings is 1. The van der Waals surface area contributed by atoms with Crippen molar-refractivity contribution in [1.82, 2.24) is 9.88 Å². The van der Waals surface area contributed by atoms with Crippen LogP contribution in [0.2, 0.25) is 0 Å². The molecule has 2 aliphatic rings. The molecule has 5 heteroatoms. The summed E-state index contributed by atoms with van der Waals surface area (Å²) in [7, 11) is 0. The Bertz CT molecular complexity index is 700. The Hall–Kier alpha value is -1.98. The smallest absolute Gasteiger partial charge is 0.128 e. The number of nitrogens with zero attached hydrogens (tertiary/aromatic N) is 3. The minimum Gasteiger partial charge on any atom is -0.371 e. The van der Waals surface area contributed by atoms with E-state index in [2.05, 4.69) is 26.9 Å². The summed E-state index contributed by atoms with van der Waals surface area (Å²) in [5.74, 6) is 0.876. The molecule has 0 amide bonds. The Kier molecular flexibility index (Phi) is 4.95. The van der Waals surface area contributed by atoms with E-state index in [1.54, 1.807) is 12.1 Å². The Balaban J connectivity index is 1.38. The molecule has 132 valence electrons. The number of hydrogen-bond acceptors (Lipinski definition) is 4. The number of hydrogen-bond donors (Lipinski definition) is 0. The highest BCUT2D eigenvalue weighted by molar-refractivity contribution is 5.40. The van der Waals surface area contributed by atoms with Gasteiger partial charge in [-0.25, -0.2) is 9.37 Å². The van der Waals surface area contributed by atoms with Gasteiger partial charge in [0.15, 0.2) is 0 Å². The number of pyridine rings is 1. The van der Waals surface area contributed by atoms with Crippen molar-refractivity contribution < 1.29 is 9.13 Å². The number of halogens is 1. The summed E-state index contributed by atoms with van der Waals surface area (Å²) in [4.78, 5) is 9.33. The fraction of sp³-hybridized carbons (Fsp3) is 0.450. The minimum absolute atomic E-state index is 0.0683. The van der Waals surface area contributed by atoms with Crippen LogP contribution in [-0.4, -0.2) is 42.7 Å². The Morgan fingerprint density at radius 3 is 2.76 bits per heavy atom. The van der Waals surface area contributed by atoms with Crippen LogP contribution >= 0.6 is 0 Å². The van der Waals surface area contributed by atoms with Gasteiger partial charge < -0.3 is 9.64 Å². The van der Waals surface area contributed by atoms with Gasteiger partial charge in [-0.1, -0.05) is 18.2 Å². The normalized spacial score (nSPS) is 21.6. The minimum atomic E-state index is -0.208. The molecule has 1 aromatic carbocycles.